The van der Waals surface area contributed by atoms with Crippen LogP contribution in [-0.2, 0) is 14.3 Å². The standard InChI is InChI=1S/C32H47NO3/c1-19-9-12-28(4)15-16-31(7)22(26(28)20(19)2)17-23(35)27-29(5)13-11-25(36-21(3)34)30(6,18-33)24(29)10-14-32(27,31)8/h17,19-20,24-27H,9-16H2,1-8H3/t19-,20+,24-,25-,26+,27-,28-,29+,30-,31-,32-/m1/s1. The highest BCUT2D eigenvalue weighted by molar-refractivity contribution is 5.95. The summed E-state index contributed by atoms with van der Waals surface area (Å²) in [5, 5.41) is 10.4. The van der Waals surface area contributed by atoms with Crippen LogP contribution in [0.3, 0.4) is 0 Å². The summed E-state index contributed by atoms with van der Waals surface area (Å²) in [6.45, 7) is 18.0. The van der Waals surface area contributed by atoms with Crippen LogP contribution in [-0.4, -0.2) is 17.9 Å². The molecule has 0 aromatic carbocycles. The van der Waals surface area contributed by atoms with Crippen molar-refractivity contribution in [3.05, 3.63) is 11.6 Å². The number of carbonyl (C=O) groups is 2. The van der Waals surface area contributed by atoms with E-state index in [0.717, 1.165) is 25.7 Å². The van der Waals surface area contributed by atoms with Crippen molar-refractivity contribution in [3.63, 3.8) is 0 Å². The highest BCUT2D eigenvalue weighted by Gasteiger charge is 2.71. The first-order valence-electron chi connectivity index (χ1n) is 14.5. The Morgan fingerprint density at radius 2 is 1.69 bits per heavy atom. The van der Waals surface area contributed by atoms with Gasteiger partial charge in [0.2, 0.25) is 0 Å². The first-order chi connectivity index (χ1) is 16.7. The third kappa shape index (κ3) is 3.10. The smallest absolute Gasteiger partial charge is 0.302 e. The van der Waals surface area contributed by atoms with Gasteiger partial charge in [-0.3, -0.25) is 9.59 Å². The monoisotopic (exact) mass is 493 g/mol. The van der Waals surface area contributed by atoms with Crippen molar-refractivity contribution in [2.24, 2.45) is 56.7 Å². The Bertz CT molecular complexity index is 1060. The molecule has 198 valence electrons. The van der Waals surface area contributed by atoms with Gasteiger partial charge in [-0.25, -0.2) is 0 Å². The SMILES string of the molecule is CC(=O)O[C@@H]1CC[C@]2(C)[C@H]3C(=O)C=C4[C@@H]5[C@@H](C)[C@H](C)CC[C@]5(C)CC[C@@]4(C)[C@]3(C)CC[C@H]2[C@@]1(C)C#N. The number of esters is 1. The van der Waals surface area contributed by atoms with Crippen LogP contribution >= 0.6 is 0 Å². The molecule has 0 heterocycles. The summed E-state index contributed by atoms with van der Waals surface area (Å²) < 4.78 is 5.72. The minimum atomic E-state index is -0.774. The van der Waals surface area contributed by atoms with E-state index in [4.69, 9.17) is 4.74 Å². The van der Waals surface area contributed by atoms with Crippen LogP contribution in [0, 0.1) is 68.0 Å². The highest BCUT2D eigenvalue weighted by Crippen LogP contribution is 2.75. The van der Waals surface area contributed by atoms with E-state index >= 15 is 0 Å². The number of hydrogen-bond acceptors (Lipinski definition) is 4. The molecule has 0 spiro atoms. The van der Waals surface area contributed by atoms with Gasteiger partial charge in [-0.05, 0) is 110 Å². The van der Waals surface area contributed by atoms with E-state index < -0.39 is 11.5 Å². The largest absolute Gasteiger partial charge is 0.461 e. The lowest BCUT2D eigenvalue weighted by atomic mass is 9.33. The molecule has 5 aliphatic carbocycles. The second-order valence-corrected chi connectivity index (χ2v) is 14.8. The van der Waals surface area contributed by atoms with Gasteiger partial charge in [0, 0.05) is 12.8 Å². The Kier molecular flexibility index (Phi) is 5.73. The Morgan fingerprint density at radius 1 is 1.00 bits per heavy atom. The predicted molar refractivity (Wildman–Crippen MR) is 141 cm³/mol. The summed E-state index contributed by atoms with van der Waals surface area (Å²) in [5.74, 6) is 1.69. The third-order valence-corrected chi connectivity index (χ3v) is 13.3. The lowest BCUT2D eigenvalue weighted by Gasteiger charge is -2.70. The van der Waals surface area contributed by atoms with E-state index in [9.17, 15) is 14.9 Å². The molecule has 0 aromatic heterocycles. The maximum absolute atomic E-state index is 14.4. The second kappa shape index (κ2) is 7.94. The second-order valence-electron chi connectivity index (χ2n) is 14.8. The molecule has 0 amide bonds. The number of carbonyl (C=O) groups excluding carboxylic acids is 2. The summed E-state index contributed by atoms with van der Waals surface area (Å²) >= 11 is 0. The fraction of sp³-hybridized carbons (Fsp3) is 0.844. The minimum Gasteiger partial charge on any atom is -0.461 e. The Labute approximate surface area is 218 Å². The van der Waals surface area contributed by atoms with E-state index in [1.165, 1.54) is 31.8 Å². The van der Waals surface area contributed by atoms with Crippen molar-refractivity contribution < 1.29 is 14.3 Å². The van der Waals surface area contributed by atoms with E-state index in [-0.39, 0.29) is 34.1 Å². The van der Waals surface area contributed by atoms with Gasteiger partial charge in [0.25, 0.3) is 0 Å². The van der Waals surface area contributed by atoms with Crippen molar-refractivity contribution in [1.29, 1.82) is 5.26 Å². The average Bonchev–Trinajstić information content (AvgIpc) is 2.80. The van der Waals surface area contributed by atoms with Gasteiger partial charge in [0.15, 0.2) is 5.78 Å². The van der Waals surface area contributed by atoms with Crippen molar-refractivity contribution in [2.45, 2.75) is 113 Å². The molecule has 36 heavy (non-hydrogen) atoms. The number of fused-ring (bicyclic) bond motifs is 7. The third-order valence-electron chi connectivity index (χ3n) is 13.3. The fourth-order valence-electron chi connectivity index (χ4n) is 10.9. The summed E-state index contributed by atoms with van der Waals surface area (Å²) in [5.41, 5.74) is 0.587. The number of allylic oxidation sites excluding steroid dienone is 2. The Morgan fingerprint density at radius 3 is 2.33 bits per heavy atom. The van der Waals surface area contributed by atoms with Gasteiger partial charge in [0.05, 0.1) is 11.5 Å². The van der Waals surface area contributed by atoms with Crippen LogP contribution in [0.2, 0.25) is 0 Å². The maximum Gasteiger partial charge on any atom is 0.302 e. The van der Waals surface area contributed by atoms with Gasteiger partial charge in [0.1, 0.15) is 6.10 Å². The number of hydrogen-bond donors (Lipinski definition) is 0. The van der Waals surface area contributed by atoms with Crippen LogP contribution in [0.1, 0.15) is 107 Å². The maximum atomic E-state index is 14.4. The van der Waals surface area contributed by atoms with Crippen LogP contribution in [0.25, 0.3) is 0 Å². The Balaban J connectivity index is 1.61. The van der Waals surface area contributed by atoms with Gasteiger partial charge in [-0.15, -0.1) is 0 Å². The van der Waals surface area contributed by atoms with E-state index in [2.05, 4.69) is 53.7 Å². The van der Waals surface area contributed by atoms with Gasteiger partial charge in [-0.1, -0.05) is 47.1 Å². The normalized spacial score (nSPS) is 54.1. The van der Waals surface area contributed by atoms with Crippen molar-refractivity contribution in [1.82, 2.24) is 0 Å². The van der Waals surface area contributed by atoms with Crippen molar-refractivity contribution in [3.8, 4) is 6.07 Å². The van der Waals surface area contributed by atoms with Crippen LogP contribution < -0.4 is 0 Å². The topological polar surface area (TPSA) is 67.2 Å². The molecule has 0 aromatic rings. The van der Waals surface area contributed by atoms with Crippen LogP contribution in [0.5, 0.6) is 0 Å². The highest BCUT2D eigenvalue weighted by atomic mass is 16.5. The van der Waals surface area contributed by atoms with E-state index in [1.807, 2.05) is 6.92 Å². The Hall–Kier alpha value is -1.63. The first-order valence-corrected chi connectivity index (χ1v) is 14.5. The number of ketones is 1. The molecule has 11 atom stereocenters. The molecular formula is C32H47NO3. The average molecular weight is 494 g/mol. The number of rotatable bonds is 1. The lowest BCUT2D eigenvalue weighted by Crippen LogP contribution is -2.67. The van der Waals surface area contributed by atoms with Crippen molar-refractivity contribution in [2.75, 3.05) is 0 Å². The van der Waals surface area contributed by atoms with Crippen LogP contribution in [0.4, 0.5) is 0 Å². The van der Waals surface area contributed by atoms with Gasteiger partial charge in [-0.2, -0.15) is 5.26 Å². The molecule has 5 aliphatic rings. The van der Waals surface area contributed by atoms with E-state index in [0.29, 0.717) is 35.4 Å². The molecule has 0 radical (unpaired) electrons. The zero-order valence-electron chi connectivity index (χ0n) is 23.9. The summed E-state index contributed by atoms with van der Waals surface area (Å²) in [7, 11) is 0. The molecule has 4 heteroatoms. The minimum absolute atomic E-state index is 0.00479. The molecule has 0 aliphatic heterocycles. The lowest BCUT2D eigenvalue weighted by molar-refractivity contribution is -0.203. The molecular weight excluding hydrogens is 446 g/mol. The first kappa shape index (κ1) is 26.0. The molecule has 4 fully saturated rings. The number of ether oxygens (including phenoxy) is 1. The number of nitriles is 1. The molecule has 4 saturated carbocycles. The summed E-state index contributed by atoms with van der Waals surface area (Å²) in [6.07, 6.45) is 10.0. The molecule has 0 unspecified atom stereocenters. The van der Waals surface area contributed by atoms with Crippen molar-refractivity contribution >= 4 is 11.8 Å². The van der Waals surface area contributed by atoms with E-state index in [1.54, 1.807) is 0 Å². The molecule has 0 saturated heterocycles. The molecule has 5 rings (SSSR count). The number of nitrogens with zero attached hydrogens (tertiary/aromatic N) is 1. The van der Waals surface area contributed by atoms with Crippen LogP contribution in [0.15, 0.2) is 11.6 Å². The molecule has 4 nitrogen and oxygen atoms in total. The zero-order valence-corrected chi connectivity index (χ0v) is 23.9. The summed E-state index contributed by atoms with van der Waals surface area (Å²) in [6, 6.07) is 2.60. The summed E-state index contributed by atoms with van der Waals surface area (Å²) in [4.78, 5) is 26.3. The zero-order chi connectivity index (χ0) is 26.5. The fourth-order valence-corrected chi connectivity index (χ4v) is 10.9. The van der Waals surface area contributed by atoms with Gasteiger partial charge >= 0.3 is 5.97 Å². The quantitative estimate of drug-likeness (QED) is 0.360. The molecule has 0 N–H and O–H groups in total. The predicted octanol–water partition coefficient (Wildman–Crippen LogP) is 7.28. The van der Waals surface area contributed by atoms with Gasteiger partial charge < -0.3 is 4.74 Å². The molecule has 0 bridgehead atoms.